The largest absolute Gasteiger partial charge is 0.507 e. The van der Waals surface area contributed by atoms with Crippen LogP contribution in [0.4, 0.5) is 28.7 Å². The molecule has 0 spiro atoms. The number of phenols is 1. The average Bonchev–Trinajstić information content (AvgIpc) is 2.96. The number of hydrogen-bond donors (Lipinski definition) is 4. The topological polar surface area (TPSA) is 139 Å². The van der Waals surface area contributed by atoms with Crippen LogP contribution in [0.5, 0.6) is 5.75 Å². The van der Waals surface area contributed by atoms with Crippen LogP contribution in [0.15, 0.2) is 122 Å². The number of phenolic OH excluding ortho intramolecular Hbond substituents is 1. The van der Waals surface area contributed by atoms with Gasteiger partial charge < -0.3 is 5.11 Å². The van der Waals surface area contributed by atoms with Crippen LogP contribution in [0.25, 0.3) is 0 Å². The predicted octanol–water partition coefficient (Wildman–Crippen LogP) is 6.39. The number of azo groups is 1. The molecule has 4 N–H and O–H groups in total. The fourth-order valence-electron chi connectivity index (χ4n) is 3.60. The Morgan fingerprint density at radius 1 is 0.700 bits per heavy atom. The molecule has 10 nitrogen and oxygen atoms in total. The molecule has 0 saturated heterocycles. The molecule has 0 aliphatic carbocycles. The van der Waals surface area contributed by atoms with E-state index in [4.69, 9.17) is 0 Å². The summed E-state index contributed by atoms with van der Waals surface area (Å²) in [5, 5.41) is 23.2. The highest BCUT2D eigenvalue weighted by Gasteiger charge is 2.02. The Labute approximate surface area is 230 Å². The van der Waals surface area contributed by atoms with E-state index in [2.05, 4.69) is 52.6 Å². The number of aryl methyl sites for hydroxylation is 2. The van der Waals surface area contributed by atoms with Crippen molar-refractivity contribution >= 4 is 34.9 Å². The second-order valence-corrected chi connectivity index (χ2v) is 8.86. The molecular weight excluding hydrogens is 502 g/mol. The number of para-hydroxylation sites is 2. The van der Waals surface area contributed by atoms with Crippen molar-refractivity contribution in [3.8, 4) is 5.75 Å². The summed E-state index contributed by atoms with van der Waals surface area (Å²) in [6, 6.07) is 29.8. The Morgan fingerprint density at radius 2 is 1.35 bits per heavy atom. The van der Waals surface area contributed by atoms with E-state index in [-0.39, 0.29) is 5.75 Å². The van der Waals surface area contributed by atoms with Crippen LogP contribution in [0.2, 0.25) is 0 Å². The molecule has 0 aliphatic heterocycles. The van der Waals surface area contributed by atoms with Gasteiger partial charge in [-0.3, -0.25) is 9.97 Å². The van der Waals surface area contributed by atoms with Crippen molar-refractivity contribution < 1.29 is 5.11 Å². The van der Waals surface area contributed by atoms with Crippen LogP contribution in [0, 0.1) is 13.8 Å². The van der Waals surface area contributed by atoms with Crippen LogP contribution >= 0.6 is 0 Å². The molecule has 40 heavy (non-hydrogen) atoms. The number of aromatic nitrogens is 3. The quantitative estimate of drug-likeness (QED) is 0.110. The number of hydrazone groups is 1. The van der Waals surface area contributed by atoms with E-state index in [1.807, 2.05) is 85.8 Å². The first kappa shape index (κ1) is 26.0. The number of rotatable bonds is 7. The van der Waals surface area contributed by atoms with Crippen molar-refractivity contribution in [1.29, 1.82) is 0 Å². The average molecular weight is 530 g/mol. The summed E-state index contributed by atoms with van der Waals surface area (Å²) in [6.07, 6.45) is 1.47. The predicted molar refractivity (Wildman–Crippen MR) is 156 cm³/mol. The minimum Gasteiger partial charge on any atom is -0.507 e. The minimum atomic E-state index is 0.0496. The third-order valence-electron chi connectivity index (χ3n) is 5.83. The Morgan fingerprint density at radius 3 is 2.05 bits per heavy atom. The fourth-order valence-corrected chi connectivity index (χ4v) is 3.60. The van der Waals surface area contributed by atoms with E-state index in [9.17, 15) is 5.11 Å². The number of H-pyrrole nitrogens is 2. The van der Waals surface area contributed by atoms with E-state index in [1.54, 1.807) is 18.2 Å². The summed E-state index contributed by atoms with van der Waals surface area (Å²) < 4.78 is 0. The molecule has 0 atom stereocenters. The smallest absolute Gasteiger partial charge is 0.233 e. The molecule has 1 aromatic heterocycles. The third-order valence-corrected chi connectivity index (χ3v) is 5.83. The molecule has 0 radical (unpaired) electrons. The van der Waals surface area contributed by atoms with Crippen molar-refractivity contribution in [3.63, 3.8) is 0 Å². The van der Waals surface area contributed by atoms with E-state index >= 15 is 0 Å². The van der Waals surface area contributed by atoms with Gasteiger partial charge >= 0.3 is 0 Å². The maximum atomic E-state index is 10.4. The highest BCUT2D eigenvalue weighted by Crippen LogP contribution is 2.25. The third kappa shape index (κ3) is 7.01. The van der Waals surface area contributed by atoms with Gasteiger partial charge in [0.15, 0.2) is 0 Å². The number of hydrogen-bond acceptors (Lipinski definition) is 8. The molecule has 0 aliphatic rings. The Bertz CT molecular complexity index is 1740. The number of nitrogens with zero attached hydrogens (tertiary/aromatic N) is 6. The van der Waals surface area contributed by atoms with E-state index < -0.39 is 0 Å². The van der Waals surface area contributed by atoms with Crippen molar-refractivity contribution in [1.82, 2.24) is 15.0 Å². The van der Waals surface area contributed by atoms with Gasteiger partial charge in [-0.15, -0.1) is 0 Å². The zero-order chi connectivity index (χ0) is 27.7. The summed E-state index contributed by atoms with van der Waals surface area (Å²) >= 11 is 0. The lowest BCUT2D eigenvalue weighted by atomic mass is 10.1. The summed E-state index contributed by atoms with van der Waals surface area (Å²) in [5.74, 6) is 0.345. The van der Waals surface area contributed by atoms with Crippen LogP contribution in [-0.4, -0.2) is 26.3 Å². The second kappa shape index (κ2) is 12.3. The molecule has 0 fully saturated rings. The van der Waals surface area contributed by atoms with E-state index in [1.165, 1.54) is 11.8 Å². The highest BCUT2D eigenvalue weighted by atomic mass is 16.3. The van der Waals surface area contributed by atoms with Gasteiger partial charge in [-0.25, -0.2) is 15.4 Å². The minimum absolute atomic E-state index is 0.0496. The fraction of sp³-hybridized carbons (Fsp3) is 0.0667. The Kier molecular flexibility index (Phi) is 7.97. The molecule has 1 heterocycles. The summed E-state index contributed by atoms with van der Waals surface area (Å²) in [7, 11) is 0. The lowest BCUT2D eigenvalue weighted by Gasteiger charge is -2.03. The summed E-state index contributed by atoms with van der Waals surface area (Å²) in [4.78, 5) is 19.7. The van der Waals surface area contributed by atoms with Gasteiger partial charge in [-0.1, -0.05) is 42.5 Å². The number of aromatic amines is 2. The molecule has 5 aromatic rings. The highest BCUT2D eigenvalue weighted by molar-refractivity contribution is 5.85. The Balaban J connectivity index is 1.41. The van der Waals surface area contributed by atoms with Gasteiger partial charge in [-0.05, 0) is 79.6 Å². The van der Waals surface area contributed by atoms with Crippen LogP contribution < -0.4 is 16.7 Å². The van der Waals surface area contributed by atoms with E-state index in [0.29, 0.717) is 28.4 Å². The van der Waals surface area contributed by atoms with Crippen LogP contribution in [-0.2, 0) is 0 Å². The van der Waals surface area contributed by atoms with Gasteiger partial charge in [0, 0.05) is 5.56 Å². The molecule has 198 valence electrons. The molecular formula is C30H27N9O. The van der Waals surface area contributed by atoms with Crippen molar-refractivity contribution in [2.75, 3.05) is 5.43 Å². The van der Waals surface area contributed by atoms with Crippen LogP contribution in [0.3, 0.4) is 0 Å². The molecule has 5 rings (SSSR count). The standard InChI is InChI=1S/C30H27N9O/c1-20-13-14-25(17-21(20)2)37-38-26-15-16-27(40)22(18-26)19-31-39-30-35-28(32-23-9-5-3-6-10-23)34-29(36-30)33-24-11-7-4-8-12-24/h3-19,40H,1-2H3,(H3,32,33,34,35,36,39)/b31-19-,38-37?. The first-order valence-corrected chi connectivity index (χ1v) is 12.5. The Hall–Kier alpha value is -5.64. The van der Waals surface area contributed by atoms with Gasteiger partial charge in [0.05, 0.1) is 29.0 Å². The number of anilines is 1. The lowest BCUT2D eigenvalue weighted by Crippen LogP contribution is -2.28. The maximum absolute atomic E-state index is 10.4. The molecule has 10 heteroatoms. The normalized spacial score (nSPS) is 12.4. The second-order valence-electron chi connectivity index (χ2n) is 8.86. The summed E-state index contributed by atoms with van der Waals surface area (Å²) in [6.45, 7) is 4.08. The molecule has 0 bridgehead atoms. The summed E-state index contributed by atoms with van der Waals surface area (Å²) in [5.41, 5.74) is 9.20. The van der Waals surface area contributed by atoms with Gasteiger partial charge in [0.1, 0.15) is 5.75 Å². The van der Waals surface area contributed by atoms with Crippen molar-refractivity contribution in [3.05, 3.63) is 125 Å². The number of nitrogens with one attached hydrogen (secondary N) is 3. The monoisotopic (exact) mass is 529 g/mol. The van der Waals surface area contributed by atoms with Crippen LogP contribution in [0.1, 0.15) is 16.7 Å². The lowest BCUT2D eigenvalue weighted by molar-refractivity contribution is 0.474. The van der Waals surface area contributed by atoms with Gasteiger partial charge in [-0.2, -0.15) is 20.3 Å². The zero-order valence-corrected chi connectivity index (χ0v) is 21.9. The number of aromatic hydroxyl groups is 1. The molecule has 0 unspecified atom stereocenters. The first-order chi connectivity index (χ1) is 19.5. The van der Waals surface area contributed by atoms with Crippen molar-refractivity contribution in [2.45, 2.75) is 13.8 Å². The molecule has 4 aromatic carbocycles. The molecule has 0 amide bonds. The maximum Gasteiger partial charge on any atom is 0.233 e. The van der Waals surface area contributed by atoms with E-state index in [0.717, 1.165) is 22.6 Å². The van der Waals surface area contributed by atoms with Crippen molar-refractivity contribution in [2.24, 2.45) is 25.3 Å². The number of benzene rings is 4. The van der Waals surface area contributed by atoms with Gasteiger partial charge in [0.25, 0.3) is 0 Å². The SMILES string of the molecule is Cc1ccc(N=Nc2ccc(O)c(/C=N\Nc3nc(=Nc4ccccc4)[nH]c(=Nc4ccccc4)[nH]3)c2)cc1C. The first-order valence-electron chi connectivity index (χ1n) is 12.5. The molecule has 0 saturated carbocycles. The van der Waals surface area contributed by atoms with Gasteiger partial charge in [0.2, 0.25) is 17.2 Å². The zero-order valence-electron chi connectivity index (χ0n) is 21.9.